The van der Waals surface area contributed by atoms with Crippen LogP contribution in [0, 0.1) is 0 Å². The van der Waals surface area contributed by atoms with Gasteiger partial charge in [0.15, 0.2) is 6.10 Å². The second kappa shape index (κ2) is 62.5. The van der Waals surface area contributed by atoms with E-state index in [0.717, 1.165) is 89.9 Å². The van der Waals surface area contributed by atoms with Crippen LogP contribution in [-0.2, 0) is 37.7 Å². The zero-order valence-corrected chi connectivity index (χ0v) is 51.0. The number of esters is 3. The van der Waals surface area contributed by atoms with Gasteiger partial charge in [0.2, 0.25) is 0 Å². The van der Waals surface area contributed by atoms with Crippen molar-refractivity contribution in [3.05, 3.63) is 36.5 Å². The molecule has 0 aromatic carbocycles. The van der Waals surface area contributed by atoms with Crippen molar-refractivity contribution in [3.8, 4) is 0 Å². The fraction of sp³-hybridized carbons (Fsp3) is 0.850. The summed E-state index contributed by atoms with van der Waals surface area (Å²) in [4.78, 5) is 55.9. The van der Waals surface area contributed by atoms with Crippen LogP contribution in [0.1, 0.15) is 290 Å². The first kappa shape index (κ1) is 76.9. The molecule has 0 heterocycles. The Bertz CT molecular complexity index is 1340. The smallest absolute Gasteiger partial charge is 0.756 e. The Hall–Kier alpha value is -1.34. The molecular weight excluding hydrogens is 967 g/mol. The van der Waals surface area contributed by atoms with Crippen molar-refractivity contribution in [2.75, 3.05) is 26.4 Å². The predicted octanol–water partition coefficient (Wildman–Crippen LogP) is 12.9. The fourth-order valence-electron chi connectivity index (χ4n) is 8.13. The van der Waals surface area contributed by atoms with E-state index in [4.69, 9.17) is 29.3 Å². The number of aliphatic hydroxyl groups excluding tert-OH is 2. The molecule has 0 aromatic heterocycles. The van der Waals surface area contributed by atoms with E-state index >= 15 is 0 Å². The number of hydrogen-bond acceptors (Lipinski definition) is 11. The molecule has 12 nitrogen and oxygen atoms in total. The maximum atomic E-state index is 12.3. The largest absolute Gasteiger partial charge is 1.00 e. The van der Waals surface area contributed by atoms with Crippen LogP contribution < -0.4 is 34.5 Å². The van der Waals surface area contributed by atoms with Gasteiger partial charge in [0.25, 0.3) is 7.82 Å². The minimum absolute atomic E-state index is 0. The van der Waals surface area contributed by atoms with Crippen molar-refractivity contribution in [3.63, 3.8) is 0 Å². The predicted molar refractivity (Wildman–Crippen MR) is 299 cm³/mol. The summed E-state index contributed by atoms with van der Waals surface area (Å²) < 4.78 is 30.9. The van der Waals surface area contributed by atoms with Gasteiger partial charge in [0, 0.05) is 19.3 Å². The van der Waals surface area contributed by atoms with Crippen LogP contribution in [0.3, 0.4) is 0 Å². The number of ether oxygens (including phenoxy) is 3. The van der Waals surface area contributed by atoms with Crippen LogP contribution >= 0.6 is 7.82 Å². The topological polar surface area (TPSA) is 189 Å². The molecule has 0 bridgehead atoms. The molecule has 0 radical (unpaired) electrons. The SMILES string of the molecule is CCCCCCCC/C=C\CCCCCCCC(=O)OCC(O)CO.CCCCCCCC/C=C\CCCCCCCC(=O)OC[C@H](COP(=O)([O-])O)OC(=O)CCCCCCC/C=C\CCCCCCCC.[Na+]. The Morgan fingerprint density at radius 3 is 1.00 bits per heavy atom. The first-order valence-electron chi connectivity index (χ1n) is 29.9. The second-order valence-corrected chi connectivity index (χ2v) is 21.3. The number of unbranched alkanes of at least 4 members (excludes halogenated alkanes) is 33. The van der Waals surface area contributed by atoms with E-state index in [9.17, 15) is 23.8 Å². The molecule has 430 valence electrons. The first-order valence-corrected chi connectivity index (χ1v) is 31.4. The molecule has 0 aliphatic heterocycles. The summed E-state index contributed by atoms with van der Waals surface area (Å²) in [6.45, 7) is 5.33. The van der Waals surface area contributed by atoms with Gasteiger partial charge >= 0.3 is 47.5 Å². The molecule has 0 aliphatic rings. The van der Waals surface area contributed by atoms with Gasteiger partial charge in [-0.05, 0) is 96.3 Å². The molecule has 74 heavy (non-hydrogen) atoms. The van der Waals surface area contributed by atoms with Crippen LogP contribution in [0.2, 0.25) is 0 Å². The molecule has 0 aliphatic carbocycles. The summed E-state index contributed by atoms with van der Waals surface area (Å²) in [5, 5.41) is 17.7. The molecule has 0 amide bonds. The minimum atomic E-state index is -5.00. The molecule has 14 heteroatoms. The minimum Gasteiger partial charge on any atom is -0.756 e. The summed E-state index contributed by atoms with van der Waals surface area (Å²) in [5.41, 5.74) is 0. The van der Waals surface area contributed by atoms with Gasteiger partial charge in [0.1, 0.15) is 19.3 Å². The number of rotatable bonds is 54. The van der Waals surface area contributed by atoms with Crippen molar-refractivity contribution in [1.82, 2.24) is 0 Å². The maximum absolute atomic E-state index is 12.3. The van der Waals surface area contributed by atoms with Crippen molar-refractivity contribution in [2.45, 2.75) is 303 Å². The Balaban J connectivity index is -0.00000163. The average molecular weight is 1080 g/mol. The van der Waals surface area contributed by atoms with Gasteiger partial charge in [-0.1, -0.05) is 211 Å². The Labute approximate surface area is 475 Å². The maximum Gasteiger partial charge on any atom is 1.00 e. The normalized spacial score (nSPS) is 13.1. The number of carbonyl (C=O) groups excluding carboxylic acids is 3. The van der Waals surface area contributed by atoms with Crippen molar-refractivity contribution in [2.24, 2.45) is 0 Å². The first-order chi connectivity index (χ1) is 35.5. The summed E-state index contributed by atoms with van der Waals surface area (Å²) in [6, 6.07) is 0. The third kappa shape index (κ3) is 66.8. The number of carbonyl (C=O) groups is 3. The summed E-state index contributed by atoms with van der Waals surface area (Å²) in [7, 11) is -5.00. The van der Waals surface area contributed by atoms with Gasteiger partial charge in [-0.25, -0.2) is 0 Å². The van der Waals surface area contributed by atoms with Crippen molar-refractivity contribution in [1.29, 1.82) is 0 Å². The molecule has 0 fully saturated rings. The average Bonchev–Trinajstić information content (AvgIpc) is 3.37. The summed E-state index contributed by atoms with van der Waals surface area (Å²) in [5.74, 6) is -1.22. The van der Waals surface area contributed by atoms with Crippen LogP contribution in [-0.4, -0.2) is 71.6 Å². The van der Waals surface area contributed by atoms with E-state index in [1.165, 1.54) is 148 Å². The van der Waals surface area contributed by atoms with E-state index in [0.29, 0.717) is 19.3 Å². The second-order valence-electron chi connectivity index (χ2n) is 20.1. The molecule has 3 atom stereocenters. The van der Waals surface area contributed by atoms with Crippen molar-refractivity contribution < 1.29 is 87.2 Å². The number of allylic oxidation sites excluding steroid dienone is 6. The number of hydrogen-bond donors (Lipinski definition) is 3. The number of phosphoric acid groups is 1. The van der Waals surface area contributed by atoms with Crippen LogP contribution in [0.4, 0.5) is 0 Å². The van der Waals surface area contributed by atoms with Gasteiger partial charge in [-0.15, -0.1) is 0 Å². The van der Waals surface area contributed by atoms with Gasteiger partial charge in [-0.3, -0.25) is 18.9 Å². The third-order valence-corrected chi connectivity index (χ3v) is 13.2. The standard InChI is InChI=1S/C39H73O8P.C21H40O4.Na/c1-3-5-7-9-11-13-15-17-19-21-23-25-27-29-31-33-38(40)45-35-37(36-46-48(42,43)44)47-39(41)34-32-30-28-26-24-22-20-18-16-14-12-10-8-6-4-2;1-2-3-4-5-6-7-8-9-10-11-12-13-14-15-16-17-21(24)25-19-20(23)18-22;/h17-20,37H,3-16,21-36H2,1-2H3,(H2,42,43,44);9-10,20,22-23H,2-8,11-19H2,1H3;/q;;+1/p-1/b19-17-,20-18-;10-9-;/t37-;;/m1../s1. The Morgan fingerprint density at radius 2 is 0.703 bits per heavy atom. The van der Waals surface area contributed by atoms with Gasteiger partial charge < -0.3 is 38.7 Å². The molecule has 0 rings (SSSR count). The molecule has 0 aromatic rings. The molecular formula is C60H112NaO12P. The van der Waals surface area contributed by atoms with E-state index in [1.54, 1.807) is 0 Å². The zero-order valence-electron chi connectivity index (χ0n) is 48.1. The zero-order chi connectivity index (χ0) is 54.0. The monoisotopic (exact) mass is 1080 g/mol. The number of phosphoric ester groups is 1. The summed E-state index contributed by atoms with van der Waals surface area (Å²) >= 11 is 0. The molecule has 0 saturated heterocycles. The fourth-order valence-corrected chi connectivity index (χ4v) is 8.49. The summed E-state index contributed by atoms with van der Waals surface area (Å²) in [6.07, 6.45) is 58.8. The van der Waals surface area contributed by atoms with Crippen LogP contribution in [0.15, 0.2) is 36.5 Å². The number of aliphatic hydroxyl groups is 2. The van der Waals surface area contributed by atoms with Gasteiger partial charge in [-0.2, -0.15) is 0 Å². The van der Waals surface area contributed by atoms with Crippen LogP contribution in [0.5, 0.6) is 0 Å². The van der Waals surface area contributed by atoms with E-state index in [1.807, 2.05) is 0 Å². The molecule has 2 unspecified atom stereocenters. The van der Waals surface area contributed by atoms with E-state index in [2.05, 4.69) is 61.8 Å². The molecule has 3 N–H and O–H groups in total. The van der Waals surface area contributed by atoms with Crippen LogP contribution in [0.25, 0.3) is 0 Å². The van der Waals surface area contributed by atoms with Gasteiger partial charge in [0.05, 0.1) is 13.2 Å². The third-order valence-electron chi connectivity index (χ3n) is 12.7. The molecule has 0 spiro atoms. The van der Waals surface area contributed by atoms with E-state index < -0.39 is 38.6 Å². The molecule has 0 saturated carbocycles. The quantitative estimate of drug-likeness (QED) is 0.0131. The Morgan fingerprint density at radius 1 is 0.432 bits per heavy atom. The van der Waals surface area contributed by atoms with Crippen molar-refractivity contribution >= 4 is 25.7 Å². The van der Waals surface area contributed by atoms with E-state index in [-0.39, 0.29) is 68.2 Å². The Kier molecular flexibility index (Phi) is 64.9.